The van der Waals surface area contributed by atoms with Gasteiger partial charge >= 0.3 is 0 Å². The van der Waals surface area contributed by atoms with Crippen molar-refractivity contribution >= 4 is 24.2 Å². The quantitative estimate of drug-likeness (QED) is 0.864. The minimum atomic E-state index is -0.688. The first-order valence-electron chi connectivity index (χ1n) is 8.00. The lowest BCUT2D eigenvalue weighted by atomic mass is 9.99. The molecule has 3 N–H and O–H groups in total. The summed E-state index contributed by atoms with van der Waals surface area (Å²) in [5, 5.41) is 2.67. The number of carbonyl (C=O) groups excluding carboxylic acids is 2. The molecule has 0 spiro atoms. The predicted molar refractivity (Wildman–Crippen MR) is 93.5 cm³/mol. The van der Waals surface area contributed by atoms with Crippen LogP contribution in [-0.2, 0) is 4.79 Å². The number of benzene rings is 1. The molecule has 1 saturated heterocycles. The molecule has 24 heavy (non-hydrogen) atoms. The summed E-state index contributed by atoms with van der Waals surface area (Å²) < 4.78 is 13.7. The number of piperidine rings is 1. The highest BCUT2D eigenvalue weighted by molar-refractivity contribution is 5.97. The van der Waals surface area contributed by atoms with Crippen molar-refractivity contribution in [2.24, 2.45) is 11.7 Å². The standard InChI is InChI=1S/C17H24FN3O2.ClH/c1-11(2)15(17(23)21-9-5-6-12(19)10-21)20-16(22)13-7-3-4-8-14(13)18;/h3-4,7-8,11-12,15H,5-6,9-10,19H2,1-2H3,(H,20,22);1H. The van der Waals surface area contributed by atoms with Gasteiger partial charge in [0.25, 0.3) is 5.91 Å². The largest absolute Gasteiger partial charge is 0.340 e. The van der Waals surface area contributed by atoms with Crippen molar-refractivity contribution in [3.05, 3.63) is 35.6 Å². The summed E-state index contributed by atoms with van der Waals surface area (Å²) in [4.78, 5) is 26.7. The third kappa shape index (κ3) is 4.92. The van der Waals surface area contributed by atoms with Gasteiger partial charge in [-0.2, -0.15) is 0 Å². The normalized spacial score (nSPS) is 18.7. The molecule has 0 aromatic heterocycles. The van der Waals surface area contributed by atoms with Gasteiger partial charge in [0.2, 0.25) is 5.91 Å². The lowest BCUT2D eigenvalue weighted by Crippen LogP contribution is -2.55. The van der Waals surface area contributed by atoms with E-state index in [1.165, 1.54) is 18.2 Å². The second-order valence-corrected chi connectivity index (χ2v) is 6.36. The van der Waals surface area contributed by atoms with Crippen LogP contribution in [0.25, 0.3) is 0 Å². The second kappa shape index (κ2) is 8.99. The lowest BCUT2D eigenvalue weighted by molar-refractivity contribution is -0.135. The Kier molecular flexibility index (Phi) is 7.63. The summed E-state index contributed by atoms with van der Waals surface area (Å²) in [7, 11) is 0. The maximum absolute atomic E-state index is 13.7. The van der Waals surface area contributed by atoms with Crippen molar-refractivity contribution in [1.29, 1.82) is 0 Å². The Balaban J connectivity index is 0.00000288. The summed E-state index contributed by atoms with van der Waals surface area (Å²) in [5.74, 6) is -1.42. The number of nitrogens with two attached hydrogens (primary N) is 1. The van der Waals surface area contributed by atoms with Crippen LogP contribution in [0.2, 0.25) is 0 Å². The van der Waals surface area contributed by atoms with E-state index in [2.05, 4.69) is 5.32 Å². The van der Waals surface area contributed by atoms with Crippen LogP contribution >= 0.6 is 12.4 Å². The maximum Gasteiger partial charge on any atom is 0.254 e. The molecule has 0 saturated carbocycles. The third-order valence-corrected chi connectivity index (χ3v) is 4.11. The van der Waals surface area contributed by atoms with Crippen molar-refractivity contribution < 1.29 is 14.0 Å². The Morgan fingerprint density at radius 1 is 1.33 bits per heavy atom. The number of halogens is 2. The summed E-state index contributed by atoms with van der Waals surface area (Å²) >= 11 is 0. The van der Waals surface area contributed by atoms with Gasteiger partial charge in [0.15, 0.2) is 0 Å². The van der Waals surface area contributed by atoms with Gasteiger partial charge in [-0.15, -0.1) is 12.4 Å². The first-order chi connectivity index (χ1) is 10.9. The second-order valence-electron chi connectivity index (χ2n) is 6.36. The van der Waals surface area contributed by atoms with Crippen molar-refractivity contribution in [3.8, 4) is 0 Å². The van der Waals surface area contributed by atoms with Crippen LogP contribution in [0, 0.1) is 11.7 Å². The van der Waals surface area contributed by atoms with E-state index in [4.69, 9.17) is 5.73 Å². The summed E-state index contributed by atoms with van der Waals surface area (Å²) in [6, 6.07) is 5.03. The Morgan fingerprint density at radius 3 is 2.58 bits per heavy atom. The SMILES string of the molecule is CC(C)C(NC(=O)c1ccccc1F)C(=O)N1CCCC(N)C1.Cl. The monoisotopic (exact) mass is 357 g/mol. The van der Waals surface area contributed by atoms with Crippen molar-refractivity contribution in [1.82, 2.24) is 10.2 Å². The highest BCUT2D eigenvalue weighted by Crippen LogP contribution is 2.14. The molecule has 1 aliphatic rings. The van der Waals surface area contributed by atoms with Crippen LogP contribution in [-0.4, -0.2) is 41.9 Å². The topological polar surface area (TPSA) is 75.4 Å². The number of hydrogen-bond acceptors (Lipinski definition) is 3. The van der Waals surface area contributed by atoms with Crippen molar-refractivity contribution in [2.45, 2.75) is 38.8 Å². The molecular weight excluding hydrogens is 333 g/mol. The molecule has 2 amide bonds. The lowest BCUT2D eigenvalue weighted by Gasteiger charge is -2.34. The maximum atomic E-state index is 13.7. The molecule has 0 radical (unpaired) electrons. The van der Waals surface area contributed by atoms with Crippen molar-refractivity contribution in [2.75, 3.05) is 13.1 Å². The fraction of sp³-hybridized carbons (Fsp3) is 0.529. The number of amides is 2. The summed E-state index contributed by atoms with van der Waals surface area (Å²) in [6.45, 7) is 4.85. The molecule has 1 aliphatic heterocycles. The Labute approximate surface area is 148 Å². The molecule has 0 aliphatic carbocycles. The highest BCUT2D eigenvalue weighted by Gasteiger charge is 2.31. The van der Waals surface area contributed by atoms with E-state index in [9.17, 15) is 14.0 Å². The molecule has 5 nitrogen and oxygen atoms in total. The molecular formula is C17H25ClFN3O2. The summed E-state index contributed by atoms with van der Waals surface area (Å²) in [6.07, 6.45) is 1.76. The van der Waals surface area contributed by atoms with Crippen LogP contribution in [0.5, 0.6) is 0 Å². The minimum absolute atomic E-state index is 0. The fourth-order valence-electron chi connectivity index (χ4n) is 2.78. The van der Waals surface area contributed by atoms with Crippen LogP contribution in [0.1, 0.15) is 37.0 Å². The Bertz CT molecular complexity index is 583. The Morgan fingerprint density at radius 2 is 2.00 bits per heavy atom. The average molecular weight is 358 g/mol. The number of hydrogen-bond donors (Lipinski definition) is 2. The van der Waals surface area contributed by atoms with E-state index in [1.54, 1.807) is 11.0 Å². The molecule has 2 unspecified atom stereocenters. The zero-order chi connectivity index (χ0) is 17.0. The van der Waals surface area contributed by atoms with E-state index in [0.29, 0.717) is 13.1 Å². The summed E-state index contributed by atoms with van der Waals surface area (Å²) in [5.41, 5.74) is 5.87. The van der Waals surface area contributed by atoms with E-state index in [-0.39, 0.29) is 35.8 Å². The van der Waals surface area contributed by atoms with Gasteiger partial charge in [0.05, 0.1) is 5.56 Å². The van der Waals surface area contributed by atoms with Gasteiger partial charge < -0.3 is 16.0 Å². The molecule has 2 rings (SSSR count). The van der Waals surface area contributed by atoms with Crippen LogP contribution in [0.3, 0.4) is 0 Å². The van der Waals surface area contributed by atoms with Crippen LogP contribution in [0.15, 0.2) is 24.3 Å². The van der Waals surface area contributed by atoms with Crippen molar-refractivity contribution in [3.63, 3.8) is 0 Å². The number of nitrogens with one attached hydrogen (secondary N) is 1. The van der Waals surface area contributed by atoms with E-state index in [0.717, 1.165) is 12.8 Å². The van der Waals surface area contributed by atoms with Gasteiger partial charge in [-0.1, -0.05) is 26.0 Å². The molecule has 2 atom stereocenters. The van der Waals surface area contributed by atoms with E-state index < -0.39 is 17.8 Å². The number of carbonyl (C=O) groups is 2. The van der Waals surface area contributed by atoms with Gasteiger partial charge in [-0.3, -0.25) is 9.59 Å². The predicted octanol–water partition coefficient (Wildman–Crippen LogP) is 1.95. The third-order valence-electron chi connectivity index (χ3n) is 4.11. The molecule has 7 heteroatoms. The molecule has 134 valence electrons. The molecule has 0 bridgehead atoms. The van der Waals surface area contributed by atoms with Gasteiger partial charge in [-0.05, 0) is 30.9 Å². The number of nitrogens with zero attached hydrogens (tertiary/aromatic N) is 1. The van der Waals surface area contributed by atoms with Crippen LogP contribution in [0.4, 0.5) is 4.39 Å². The van der Waals surface area contributed by atoms with Crippen LogP contribution < -0.4 is 11.1 Å². The zero-order valence-electron chi connectivity index (χ0n) is 14.0. The molecule has 1 fully saturated rings. The first kappa shape index (κ1) is 20.4. The molecule has 1 heterocycles. The smallest absolute Gasteiger partial charge is 0.254 e. The number of likely N-dealkylation sites (tertiary alicyclic amines) is 1. The molecule has 1 aromatic rings. The zero-order valence-corrected chi connectivity index (χ0v) is 14.8. The average Bonchev–Trinajstić information content (AvgIpc) is 2.52. The first-order valence-corrected chi connectivity index (χ1v) is 8.00. The highest BCUT2D eigenvalue weighted by atomic mass is 35.5. The van der Waals surface area contributed by atoms with E-state index in [1.807, 2.05) is 13.8 Å². The van der Waals surface area contributed by atoms with E-state index >= 15 is 0 Å². The number of rotatable bonds is 4. The van der Waals surface area contributed by atoms with Gasteiger partial charge in [-0.25, -0.2) is 4.39 Å². The fourth-order valence-corrected chi connectivity index (χ4v) is 2.78. The minimum Gasteiger partial charge on any atom is -0.340 e. The van der Waals surface area contributed by atoms with Gasteiger partial charge in [0, 0.05) is 19.1 Å². The Hall–Kier alpha value is -1.66. The molecule has 1 aromatic carbocycles. The van der Waals surface area contributed by atoms with Gasteiger partial charge in [0.1, 0.15) is 11.9 Å².